The Balaban J connectivity index is 2.04. The van der Waals surface area contributed by atoms with Crippen LogP contribution in [0.25, 0.3) is 10.5 Å². The molecular weight excluding hydrogens is 429 g/mol. The van der Waals surface area contributed by atoms with Crippen LogP contribution in [0.15, 0.2) is 51.5 Å². The van der Waals surface area contributed by atoms with Crippen molar-refractivity contribution in [2.24, 2.45) is 4.99 Å². The number of aryl methyl sites for hydroxylation is 1. The molecule has 0 aliphatic carbocycles. The van der Waals surface area contributed by atoms with E-state index in [1.807, 2.05) is 24.9 Å². The van der Waals surface area contributed by atoms with Crippen molar-refractivity contribution in [3.8, 4) is 0 Å². The molecule has 3 rings (SSSR count). The summed E-state index contributed by atoms with van der Waals surface area (Å²) in [5, 5.41) is 1.15. The Hall–Kier alpha value is -2.48. The molecule has 0 saturated heterocycles. The van der Waals surface area contributed by atoms with E-state index in [9.17, 15) is 4.79 Å². The topological polar surface area (TPSA) is 62.9 Å². The van der Waals surface area contributed by atoms with Crippen molar-refractivity contribution in [3.63, 3.8) is 0 Å². The maximum atomic E-state index is 12.9. The number of aromatic nitrogens is 3. The Bertz CT molecular complexity index is 1170. The number of nitrogens with zero attached hydrogens (tertiary/aromatic N) is 5. The number of allylic oxidation sites excluding steroid dienone is 3. The van der Waals surface area contributed by atoms with Crippen LogP contribution in [0.5, 0.6) is 0 Å². The average Bonchev–Trinajstić information content (AvgIpc) is 2.97. The third-order valence-corrected chi connectivity index (χ3v) is 5.39. The number of halogens is 2. The van der Waals surface area contributed by atoms with Gasteiger partial charge in [0.25, 0.3) is 5.56 Å². The molecule has 0 radical (unpaired) electrons. The Morgan fingerprint density at radius 3 is 2.83 bits per heavy atom. The zero-order valence-corrected chi connectivity index (χ0v) is 18.5. The van der Waals surface area contributed by atoms with Crippen LogP contribution in [0.4, 0.5) is 5.82 Å². The SMILES string of the molecule is C=N/C=C(\C=C(/C)Cl)c1c(C)sc2nc(CN(C)c3ccc(Cl)cn3)cc(=O)n12. The highest BCUT2D eigenvalue weighted by atomic mass is 35.5. The minimum atomic E-state index is -0.169. The van der Waals surface area contributed by atoms with Gasteiger partial charge in [-0.05, 0) is 38.8 Å². The zero-order chi connectivity index (χ0) is 21.1. The molecule has 0 fully saturated rings. The Morgan fingerprint density at radius 1 is 1.45 bits per heavy atom. The van der Waals surface area contributed by atoms with Gasteiger partial charge in [0.05, 0.1) is 23.0 Å². The lowest BCUT2D eigenvalue weighted by molar-refractivity contribution is 0.857. The summed E-state index contributed by atoms with van der Waals surface area (Å²) in [4.78, 5) is 29.2. The third-order valence-electron chi connectivity index (χ3n) is 4.10. The highest BCUT2D eigenvalue weighted by Gasteiger charge is 2.16. The first-order valence-corrected chi connectivity index (χ1v) is 10.2. The first-order chi connectivity index (χ1) is 13.8. The van der Waals surface area contributed by atoms with Gasteiger partial charge in [-0.15, -0.1) is 11.3 Å². The van der Waals surface area contributed by atoms with Gasteiger partial charge in [-0.2, -0.15) is 0 Å². The quantitative estimate of drug-likeness (QED) is 0.396. The van der Waals surface area contributed by atoms with Crippen molar-refractivity contribution in [3.05, 3.63) is 73.3 Å². The molecule has 0 N–H and O–H groups in total. The van der Waals surface area contributed by atoms with E-state index in [0.717, 1.165) is 10.7 Å². The van der Waals surface area contributed by atoms with Crippen molar-refractivity contribution in [1.29, 1.82) is 0 Å². The Morgan fingerprint density at radius 2 is 2.21 bits per heavy atom. The molecule has 150 valence electrons. The molecule has 0 atom stereocenters. The minimum Gasteiger partial charge on any atom is -0.354 e. The molecule has 0 aliphatic rings. The molecule has 0 bridgehead atoms. The molecule has 0 aromatic carbocycles. The smallest absolute Gasteiger partial charge is 0.259 e. The van der Waals surface area contributed by atoms with E-state index in [4.69, 9.17) is 23.2 Å². The van der Waals surface area contributed by atoms with Gasteiger partial charge in [-0.1, -0.05) is 23.2 Å². The van der Waals surface area contributed by atoms with Crippen LogP contribution in [0.1, 0.15) is 23.2 Å². The number of hydrogen-bond donors (Lipinski definition) is 0. The van der Waals surface area contributed by atoms with Crippen molar-refractivity contribution in [1.82, 2.24) is 14.4 Å². The molecule has 0 aliphatic heterocycles. The Kier molecular flexibility index (Phi) is 6.52. The van der Waals surface area contributed by atoms with Crippen LogP contribution in [0.2, 0.25) is 5.02 Å². The van der Waals surface area contributed by atoms with Crippen LogP contribution < -0.4 is 10.5 Å². The number of anilines is 1. The number of thiazole rings is 1. The van der Waals surface area contributed by atoms with E-state index in [-0.39, 0.29) is 5.56 Å². The lowest BCUT2D eigenvalue weighted by Gasteiger charge is -2.17. The summed E-state index contributed by atoms with van der Waals surface area (Å²) in [7, 11) is 1.88. The fraction of sp³-hybridized carbons (Fsp3) is 0.200. The summed E-state index contributed by atoms with van der Waals surface area (Å²) in [5.74, 6) is 0.740. The van der Waals surface area contributed by atoms with Crippen LogP contribution in [-0.2, 0) is 6.54 Å². The first-order valence-electron chi connectivity index (χ1n) is 8.65. The number of rotatable bonds is 6. The van der Waals surface area contributed by atoms with Gasteiger partial charge in [0.1, 0.15) is 5.82 Å². The average molecular weight is 448 g/mol. The summed E-state index contributed by atoms with van der Waals surface area (Å²) < 4.78 is 1.58. The molecule has 29 heavy (non-hydrogen) atoms. The minimum absolute atomic E-state index is 0.169. The second kappa shape index (κ2) is 8.90. The molecule has 3 aromatic heterocycles. The highest BCUT2D eigenvalue weighted by molar-refractivity contribution is 7.17. The van der Waals surface area contributed by atoms with Gasteiger partial charge >= 0.3 is 0 Å². The molecule has 9 heteroatoms. The fourth-order valence-electron chi connectivity index (χ4n) is 2.93. The number of fused-ring (bicyclic) bond motifs is 1. The predicted molar refractivity (Wildman–Crippen MR) is 123 cm³/mol. The summed E-state index contributed by atoms with van der Waals surface area (Å²) in [5.41, 5.74) is 1.90. The molecule has 6 nitrogen and oxygen atoms in total. The third kappa shape index (κ3) is 4.75. The lowest BCUT2D eigenvalue weighted by atomic mass is 10.1. The van der Waals surface area contributed by atoms with Crippen molar-refractivity contribution < 1.29 is 0 Å². The van der Waals surface area contributed by atoms with E-state index < -0.39 is 0 Å². The Labute approximate surface area is 182 Å². The number of pyridine rings is 1. The molecule has 0 amide bonds. The van der Waals surface area contributed by atoms with Crippen LogP contribution >= 0.6 is 34.5 Å². The fourth-order valence-corrected chi connectivity index (χ4v) is 4.18. The van der Waals surface area contributed by atoms with Gasteiger partial charge < -0.3 is 4.90 Å². The van der Waals surface area contributed by atoms with E-state index in [1.54, 1.807) is 35.9 Å². The van der Waals surface area contributed by atoms with Crippen molar-refractivity contribution in [2.45, 2.75) is 20.4 Å². The number of hydrogen-bond acceptors (Lipinski definition) is 6. The summed E-state index contributed by atoms with van der Waals surface area (Å²) in [6.07, 6.45) is 4.92. The van der Waals surface area contributed by atoms with Crippen LogP contribution in [0.3, 0.4) is 0 Å². The van der Waals surface area contributed by atoms with Crippen molar-refractivity contribution >= 4 is 57.6 Å². The number of aliphatic imine (C=N–C) groups is 1. The zero-order valence-electron chi connectivity index (χ0n) is 16.2. The molecule has 3 heterocycles. The van der Waals surface area contributed by atoms with E-state index >= 15 is 0 Å². The van der Waals surface area contributed by atoms with E-state index in [0.29, 0.717) is 38.5 Å². The highest BCUT2D eigenvalue weighted by Crippen LogP contribution is 2.28. The second-order valence-electron chi connectivity index (χ2n) is 6.40. The van der Waals surface area contributed by atoms with Gasteiger partial charge in [-0.25, -0.2) is 9.97 Å². The van der Waals surface area contributed by atoms with E-state index in [2.05, 4.69) is 21.7 Å². The van der Waals surface area contributed by atoms with E-state index in [1.165, 1.54) is 17.4 Å². The standard InChI is InChI=1S/C20H19Cl2N5OS/c1-12(21)7-14(9-23-3)19-13(2)29-20-25-16(8-18(28)27(19)20)11-26(4)17-6-5-15(22)10-24-17/h5-10H,3,11H2,1-2,4H3/b12-7+,14-9+. The first kappa shape index (κ1) is 21.2. The van der Waals surface area contributed by atoms with Gasteiger partial charge in [0, 0.05) is 41.0 Å². The summed E-state index contributed by atoms with van der Waals surface area (Å²) in [6, 6.07) is 5.13. The van der Waals surface area contributed by atoms with Crippen LogP contribution in [-0.4, -0.2) is 28.1 Å². The summed E-state index contributed by atoms with van der Waals surface area (Å²) in [6.45, 7) is 7.65. The molecule has 0 saturated carbocycles. The monoisotopic (exact) mass is 447 g/mol. The second-order valence-corrected chi connectivity index (χ2v) is 8.61. The lowest BCUT2D eigenvalue weighted by Crippen LogP contribution is -2.22. The molecule has 0 spiro atoms. The predicted octanol–water partition coefficient (Wildman–Crippen LogP) is 4.93. The normalized spacial score (nSPS) is 12.4. The molecule has 3 aromatic rings. The molecule has 0 unspecified atom stereocenters. The maximum Gasteiger partial charge on any atom is 0.259 e. The largest absolute Gasteiger partial charge is 0.354 e. The molecular formula is C20H19Cl2N5OS. The van der Waals surface area contributed by atoms with Crippen LogP contribution in [0, 0.1) is 6.92 Å². The van der Waals surface area contributed by atoms with Gasteiger partial charge in [0.2, 0.25) is 0 Å². The van der Waals surface area contributed by atoms with Gasteiger partial charge in [0.15, 0.2) is 4.96 Å². The van der Waals surface area contributed by atoms with Gasteiger partial charge in [-0.3, -0.25) is 14.2 Å². The maximum absolute atomic E-state index is 12.9. The van der Waals surface area contributed by atoms with Crippen molar-refractivity contribution in [2.75, 3.05) is 11.9 Å². The summed E-state index contributed by atoms with van der Waals surface area (Å²) >= 11 is 13.4.